The molecule has 318 valence electrons. The highest BCUT2D eigenvalue weighted by atomic mass is 31.1. The molecule has 2 heterocycles. The van der Waals surface area contributed by atoms with Gasteiger partial charge in [-0.25, -0.2) is 0 Å². The number of benzene rings is 7. The zero-order valence-electron chi connectivity index (χ0n) is 36.2. The third-order valence-electron chi connectivity index (χ3n) is 12.9. The van der Waals surface area contributed by atoms with Crippen molar-refractivity contribution in [2.45, 2.75) is 75.7 Å². The van der Waals surface area contributed by atoms with Crippen molar-refractivity contribution in [1.29, 1.82) is 5.26 Å². The Morgan fingerprint density at radius 3 is 1.90 bits per heavy atom. The second kappa shape index (κ2) is 17.2. The fraction of sp³-hybridized carbons (Fsp3) is 0.327. The number of methoxy groups -OCH3 is 2. The molecule has 2 aliphatic rings. The van der Waals surface area contributed by atoms with E-state index in [4.69, 9.17) is 33.0 Å². The van der Waals surface area contributed by atoms with Gasteiger partial charge in [-0.1, -0.05) is 109 Å². The van der Waals surface area contributed by atoms with Crippen LogP contribution in [0.2, 0.25) is 0 Å². The summed E-state index contributed by atoms with van der Waals surface area (Å²) in [4.78, 5) is 6.61. The Kier molecular flexibility index (Phi) is 11.7. The summed E-state index contributed by atoms with van der Waals surface area (Å²) < 4.78 is 40.7. The van der Waals surface area contributed by atoms with Crippen molar-refractivity contribution in [1.82, 2.24) is 0 Å². The van der Waals surface area contributed by atoms with E-state index in [9.17, 15) is 5.26 Å². The Morgan fingerprint density at radius 2 is 1.31 bits per heavy atom. The Bertz CT molecular complexity index is 2610. The number of rotatable bonds is 17. The van der Waals surface area contributed by atoms with E-state index < -0.39 is 29.5 Å². The maximum absolute atomic E-state index is 9.46. The predicted molar refractivity (Wildman–Crippen MR) is 245 cm³/mol. The van der Waals surface area contributed by atoms with Crippen LogP contribution in [0.15, 0.2) is 133 Å². The fourth-order valence-corrected chi connectivity index (χ4v) is 11.0. The molecule has 0 N–H and O–H groups in total. The molecule has 2 saturated heterocycles. The average molecular weight is 850 g/mol. The molecule has 1 unspecified atom stereocenters. The van der Waals surface area contributed by atoms with Crippen LogP contribution < -0.4 is 9.47 Å². The summed E-state index contributed by atoms with van der Waals surface area (Å²) >= 11 is 0. The van der Waals surface area contributed by atoms with Gasteiger partial charge in [-0.3, -0.25) is 0 Å². The van der Waals surface area contributed by atoms with Crippen LogP contribution in [-0.4, -0.2) is 68.3 Å². The molecule has 10 heteroatoms. The smallest absolute Gasteiger partial charge is 0.273 e. The van der Waals surface area contributed by atoms with E-state index in [1.54, 1.807) is 14.2 Å². The third-order valence-corrected chi connectivity index (χ3v) is 14.8. The topological polar surface area (TPSA) is 88.4 Å². The van der Waals surface area contributed by atoms with Crippen molar-refractivity contribution in [3.63, 3.8) is 0 Å². The lowest BCUT2D eigenvalue weighted by atomic mass is 9.79. The van der Waals surface area contributed by atoms with Crippen molar-refractivity contribution in [2.75, 3.05) is 34.0 Å². The molecule has 9 nitrogen and oxygen atoms in total. The van der Waals surface area contributed by atoms with Crippen molar-refractivity contribution in [3.8, 4) is 17.6 Å². The van der Waals surface area contributed by atoms with Gasteiger partial charge in [0.15, 0.2) is 0 Å². The molecule has 5 atom stereocenters. The summed E-state index contributed by atoms with van der Waals surface area (Å²) in [5.74, 6) is 1.49. The van der Waals surface area contributed by atoms with Crippen LogP contribution in [0.1, 0.15) is 62.5 Å². The van der Waals surface area contributed by atoms with Crippen LogP contribution >= 0.6 is 8.96 Å². The summed E-state index contributed by atoms with van der Waals surface area (Å²) in [7, 11) is 3.22. The maximum Gasteiger partial charge on any atom is 0.273 e. The van der Waals surface area contributed by atoms with Gasteiger partial charge in [-0.2, -0.15) is 10.1 Å². The van der Waals surface area contributed by atoms with Gasteiger partial charge in [0.25, 0.3) is 8.96 Å². The van der Waals surface area contributed by atoms with Crippen molar-refractivity contribution in [2.24, 2.45) is 0 Å². The molecule has 2 bridgehead atoms. The molecular formula is C52H54N2O7P+. The van der Waals surface area contributed by atoms with Crippen LogP contribution in [-0.2, 0) is 29.2 Å². The normalized spacial score (nSPS) is 20.4. The van der Waals surface area contributed by atoms with Crippen molar-refractivity contribution < 1.29 is 37.5 Å². The maximum atomic E-state index is 9.46. The Balaban J connectivity index is 1.17. The highest BCUT2D eigenvalue weighted by Gasteiger charge is 2.65. The van der Waals surface area contributed by atoms with E-state index in [1.807, 2.05) is 42.5 Å². The number of hydrogen-bond donors (Lipinski definition) is 0. The molecule has 0 aromatic heterocycles. The van der Waals surface area contributed by atoms with E-state index in [1.165, 1.54) is 26.9 Å². The number of hydroxylamine groups is 2. The molecule has 0 saturated carbocycles. The van der Waals surface area contributed by atoms with Crippen LogP contribution in [0.5, 0.6) is 11.5 Å². The first-order valence-corrected chi connectivity index (χ1v) is 22.3. The molecule has 7 aromatic rings. The second-order valence-corrected chi connectivity index (χ2v) is 18.1. The lowest BCUT2D eigenvalue weighted by molar-refractivity contribution is -1.04. The fourth-order valence-electron chi connectivity index (χ4n) is 9.77. The number of nitriles is 1. The van der Waals surface area contributed by atoms with Crippen molar-refractivity contribution >= 4 is 41.3 Å². The zero-order valence-corrected chi connectivity index (χ0v) is 37.2. The van der Waals surface area contributed by atoms with Gasteiger partial charge in [0.2, 0.25) is 0 Å². The van der Waals surface area contributed by atoms with Crippen LogP contribution in [0.4, 0.5) is 0 Å². The van der Waals surface area contributed by atoms with Crippen LogP contribution in [0, 0.1) is 11.3 Å². The number of hydrogen-bond acceptors (Lipinski definition) is 8. The third kappa shape index (κ3) is 7.09. The standard InChI is InChI=1S/C52H54N2O7P/c1-34(2)54(35(3)4,59-31-11-30-53)62-61-50-49-48(45-29-19-38-17-16-36-12-10-13-37-18-28-44(45)47(38)46(36)37)60-51(50,32-57-49)33-58-52(39-14-8-7-9-15-39,40-20-24-42(55-5)25-21-40)41-22-26-43(56-6)27-23-41/h7-10,12-29,34-35,48-50,62H,11,31-33H2,1-6H3/q+1/t48-,49+,50-,51+/m0/s1. The highest BCUT2D eigenvalue weighted by molar-refractivity contribution is 7.25. The predicted octanol–water partition coefficient (Wildman–Crippen LogP) is 11.2. The van der Waals surface area contributed by atoms with Crippen LogP contribution in [0.25, 0.3) is 32.3 Å². The first kappa shape index (κ1) is 42.2. The molecule has 0 amide bonds. The SMILES string of the molecule is COc1ccc(C(OC[C@@]23CO[C@H]([C@H](c4ccc5ccc6cccc7ccc4c5c67)O2)[C@@H]3OP[N+](OCCC#N)(C(C)C)C(C)C)(c2ccccc2)c2ccc(OC)cc2)cc1. The quantitative estimate of drug-likeness (QED) is 0.0294. The van der Waals surface area contributed by atoms with Gasteiger partial charge >= 0.3 is 0 Å². The minimum Gasteiger partial charge on any atom is -0.497 e. The number of ether oxygens (including phenoxy) is 5. The summed E-state index contributed by atoms with van der Waals surface area (Å²) in [5.41, 5.74) is 1.72. The molecule has 0 spiro atoms. The lowest BCUT2D eigenvalue weighted by Gasteiger charge is -2.42. The minimum absolute atomic E-state index is 0.0457. The zero-order chi connectivity index (χ0) is 43.1. The van der Waals surface area contributed by atoms with Gasteiger partial charge < -0.3 is 28.2 Å². The Labute approximate surface area is 365 Å². The van der Waals surface area contributed by atoms with Gasteiger partial charge in [-0.05, 0) is 107 Å². The van der Waals surface area contributed by atoms with Crippen molar-refractivity contribution in [3.05, 3.63) is 156 Å². The summed E-state index contributed by atoms with van der Waals surface area (Å²) in [5, 5.41) is 16.7. The minimum atomic E-state index is -1.09. The Morgan fingerprint density at radius 1 is 0.726 bits per heavy atom. The monoisotopic (exact) mass is 849 g/mol. The molecule has 0 aliphatic carbocycles. The number of quaternary nitrogens is 1. The molecule has 2 fully saturated rings. The molecule has 9 rings (SSSR count). The first-order chi connectivity index (χ1) is 30.2. The van der Waals surface area contributed by atoms with Gasteiger partial charge in [0.05, 0.1) is 39.9 Å². The molecule has 62 heavy (non-hydrogen) atoms. The van der Waals surface area contributed by atoms with E-state index in [0.717, 1.165) is 39.1 Å². The molecule has 7 aromatic carbocycles. The van der Waals surface area contributed by atoms with Gasteiger partial charge in [0, 0.05) is 0 Å². The van der Waals surface area contributed by atoms with Crippen LogP contribution in [0.3, 0.4) is 0 Å². The number of nitrogens with zero attached hydrogens (tertiary/aromatic N) is 2. The second-order valence-electron chi connectivity index (χ2n) is 17.0. The van der Waals surface area contributed by atoms with E-state index in [0.29, 0.717) is 6.61 Å². The summed E-state index contributed by atoms with van der Waals surface area (Å²) in [6.45, 7) is 9.27. The highest BCUT2D eigenvalue weighted by Crippen LogP contribution is 2.55. The van der Waals surface area contributed by atoms with E-state index >= 15 is 0 Å². The summed E-state index contributed by atoms with van der Waals surface area (Å²) in [6, 6.07) is 48.5. The molecular weight excluding hydrogens is 796 g/mol. The van der Waals surface area contributed by atoms with E-state index in [2.05, 4.69) is 125 Å². The average Bonchev–Trinajstić information content (AvgIpc) is 3.81. The summed E-state index contributed by atoms with van der Waals surface area (Å²) in [6.07, 6.45) is -1.15. The van der Waals surface area contributed by atoms with Gasteiger partial charge in [0.1, 0.15) is 59.7 Å². The Hall–Kier alpha value is -5.14. The molecule has 2 aliphatic heterocycles. The lowest BCUT2D eigenvalue weighted by Crippen LogP contribution is -2.53. The van der Waals surface area contributed by atoms with E-state index in [-0.39, 0.29) is 45.1 Å². The number of fused-ring (bicyclic) bond motifs is 2. The first-order valence-electron chi connectivity index (χ1n) is 21.4. The molecule has 0 radical (unpaired) electrons. The largest absolute Gasteiger partial charge is 0.497 e. The van der Waals surface area contributed by atoms with Gasteiger partial charge in [-0.15, -0.1) is 4.42 Å².